The third kappa shape index (κ3) is 52.4. The largest absolute Gasteiger partial charge is 0.462 e. The molecule has 0 fully saturated rings. The molecule has 0 rings (SSSR count). The van der Waals surface area contributed by atoms with Crippen LogP contribution in [0.15, 0.2) is 134 Å². The molecule has 0 unspecified atom stereocenters. The van der Waals surface area contributed by atoms with Crippen LogP contribution in [0.2, 0.25) is 0 Å². The highest BCUT2D eigenvalue weighted by Gasteiger charge is 2.19. The molecule has 1 atom stereocenters. The third-order valence-corrected chi connectivity index (χ3v) is 10.6. The molecule has 0 saturated heterocycles. The molecule has 6 nitrogen and oxygen atoms in total. The van der Waals surface area contributed by atoms with E-state index in [-0.39, 0.29) is 44.0 Å². The van der Waals surface area contributed by atoms with Crippen LogP contribution in [0.5, 0.6) is 0 Å². The molecule has 0 aliphatic carbocycles. The smallest absolute Gasteiger partial charge is 0.306 e. The second kappa shape index (κ2) is 54.2. The van der Waals surface area contributed by atoms with Gasteiger partial charge in [-0.15, -0.1) is 0 Å². The monoisotopic (exact) mass is 925 g/mol. The van der Waals surface area contributed by atoms with E-state index in [0.29, 0.717) is 19.3 Å². The molecule has 0 radical (unpaired) electrons. The summed E-state index contributed by atoms with van der Waals surface area (Å²) in [6, 6.07) is 0. The fraction of sp³-hybridized carbons (Fsp3) is 0.590. The van der Waals surface area contributed by atoms with Gasteiger partial charge in [-0.25, -0.2) is 0 Å². The molecule has 0 aromatic heterocycles. The lowest BCUT2D eigenvalue weighted by Crippen LogP contribution is -2.30. The van der Waals surface area contributed by atoms with Crippen LogP contribution in [-0.2, 0) is 28.6 Å². The minimum absolute atomic E-state index is 0.129. The predicted octanol–water partition coefficient (Wildman–Crippen LogP) is 17.9. The average molecular weight is 925 g/mol. The van der Waals surface area contributed by atoms with Crippen molar-refractivity contribution in [1.29, 1.82) is 0 Å². The number of esters is 3. The van der Waals surface area contributed by atoms with Gasteiger partial charge in [0.05, 0.1) is 0 Å². The van der Waals surface area contributed by atoms with E-state index in [1.807, 2.05) is 12.2 Å². The first kappa shape index (κ1) is 62.5. The maximum atomic E-state index is 12.8. The topological polar surface area (TPSA) is 78.9 Å². The number of hydrogen-bond acceptors (Lipinski definition) is 6. The molecule has 0 bridgehead atoms. The molecule has 0 heterocycles. The highest BCUT2D eigenvalue weighted by molar-refractivity contribution is 5.71. The van der Waals surface area contributed by atoms with Crippen LogP contribution >= 0.6 is 0 Å². The van der Waals surface area contributed by atoms with Crippen molar-refractivity contribution in [1.82, 2.24) is 0 Å². The van der Waals surface area contributed by atoms with Crippen LogP contribution < -0.4 is 0 Å². The molecule has 6 heteroatoms. The molecule has 67 heavy (non-hydrogen) atoms. The number of ether oxygens (including phenoxy) is 3. The Morgan fingerprint density at radius 1 is 0.313 bits per heavy atom. The van der Waals surface area contributed by atoms with Crippen molar-refractivity contribution in [3.05, 3.63) is 134 Å². The zero-order valence-electron chi connectivity index (χ0n) is 42.9. The van der Waals surface area contributed by atoms with Gasteiger partial charge >= 0.3 is 17.9 Å². The maximum absolute atomic E-state index is 12.8. The lowest BCUT2D eigenvalue weighted by Gasteiger charge is -2.18. The van der Waals surface area contributed by atoms with Gasteiger partial charge in [-0.1, -0.05) is 199 Å². The summed E-state index contributed by atoms with van der Waals surface area (Å²) >= 11 is 0. The lowest BCUT2D eigenvalue weighted by atomic mass is 10.1. The first-order valence-corrected chi connectivity index (χ1v) is 26.7. The van der Waals surface area contributed by atoms with Gasteiger partial charge in [-0.2, -0.15) is 0 Å². The molecule has 0 aromatic rings. The van der Waals surface area contributed by atoms with E-state index >= 15 is 0 Å². The molecular formula is C61H96O6. The van der Waals surface area contributed by atoms with Crippen LogP contribution in [0.1, 0.15) is 213 Å². The molecular weight excluding hydrogens is 829 g/mol. The fourth-order valence-electron chi connectivity index (χ4n) is 6.62. The first-order chi connectivity index (χ1) is 33.0. The second-order valence-corrected chi connectivity index (χ2v) is 17.0. The summed E-state index contributed by atoms with van der Waals surface area (Å²) in [4.78, 5) is 38.0. The molecule has 0 N–H and O–H groups in total. The average Bonchev–Trinajstić information content (AvgIpc) is 3.33. The van der Waals surface area contributed by atoms with E-state index in [4.69, 9.17) is 14.2 Å². The Bertz CT molecular complexity index is 1480. The summed E-state index contributed by atoms with van der Waals surface area (Å²) in [6.45, 7) is 6.34. The van der Waals surface area contributed by atoms with Crippen molar-refractivity contribution in [2.45, 2.75) is 219 Å². The van der Waals surface area contributed by atoms with Gasteiger partial charge in [0.2, 0.25) is 0 Å². The second-order valence-electron chi connectivity index (χ2n) is 17.0. The van der Waals surface area contributed by atoms with Crippen molar-refractivity contribution < 1.29 is 28.6 Å². The quantitative estimate of drug-likeness (QED) is 0.0262. The minimum atomic E-state index is -0.839. The van der Waals surface area contributed by atoms with Crippen molar-refractivity contribution in [2.75, 3.05) is 13.2 Å². The Balaban J connectivity index is 4.61. The summed E-state index contributed by atoms with van der Waals surface area (Å²) in [6.07, 6.45) is 75.9. The zero-order chi connectivity index (χ0) is 48.6. The Kier molecular flexibility index (Phi) is 50.6. The molecule has 0 aliphatic rings. The van der Waals surface area contributed by atoms with E-state index in [0.717, 1.165) is 109 Å². The standard InChI is InChI=1S/C61H96O6/c1-4-7-10-13-16-19-22-25-28-29-30-31-34-36-39-42-45-48-51-54-60(63)66-57-58(67-61(64)55-52-49-46-43-40-37-33-27-24-21-18-15-12-9-6-3)56-65-59(62)53-50-47-44-41-38-35-32-26-23-20-17-14-11-8-5-2/h7,10,16-21,25-28,30-33,36,39-40,43,45,48,58H,4-6,8-9,11-15,22-24,29,34-35,37-38,41-42,44,46-47,49-57H2,1-3H3/b10-7-,19-16-,20-17-,21-18-,28-25-,31-30-,32-26-,33-27-,39-36-,43-40-,48-45-/t58-/m1/s1. The van der Waals surface area contributed by atoms with Crippen LogP contribution in [-0.4, -0.2) is 37.2 Å². The van der Waals surface area contributed by atoms with Gasteiger partial charge in [0.1, 0.15) is 13.2 Å². The van der Waals surface area contributed by atoms with Crippen molar-refractivity contribution in [3.8, 4) is 0 Å². The van der Waals surface area contributed by atoms with Crippen molar-refractivity contribution in [3.63, 3.8) is 0 Å². The minimum Gasteiger partial charge on any atom is -0.462 e. The summed E-state index contributed by atoms with van der Waals surface area (Å²) < 4.78 is 16.7. The van der Waals surface area contributed by atoms with Gasteiger partial charge < -0.3 is 14.2 Å². The molecule has 376 valence electrons. The predicted molar refractivity (Wildman–Crippen MR) is 288 cm³/mol. The van der Waals surface area contributed by atoms with E-state index < -0.39 is 6.10 Å². The Labute approximate surface area is 411 Å². The van der Waals surface area contributed by atoms with Crippen LogP contribution in [0, 0.1) is 0 Å². The maximum Gasteiger partial charge on any atom is 0.306 e. The number of allylic oxidation sites excluding steroid dienone is 22. The number of rotatable bonds is 46. The molecule has 0 aromatic carbocycles. The summed E-state index contributed by atoms with van der Waals surface area (Å²) in [5.74, 6) is -1.08. The van der Waals surface area contributed by atoms with Crippen molar-refractivity contribution >= 4 is 17.9 Å². The van der Waals surface area contributed by atoms with E-state index in [1.165, 1.54) is 51.4 Å². The SMILES string of the molecule is CC/C=C\C/C=C\C/C=C\C/C=C\C/C=C\C/C=C\CCC(=O)OC[C@@H](COC(=O)CCCCCCC/C=C\C/C=C\CCCCC)OC(=O)CCCC/C=C\C/C=C\C/C=C\CCCCC. The molecule has 0 spiro atoms. The van der Waals surface area contributed by atoms with Gasteiger partial charge in [0.15, 0.2) is 6.10 Å². The first-order valence-electron chi connectivity index (χ1n) is 26.7. The zero-order valence-corrected chi connectivity index (χ0v) is 42.9. The van der Waals surface area contributed by atoms with Gasteiger partial charge in [0.25, 0.3) is 0 Å². The number of carbonyl (C=O) groups excluding carboxylic acids is 3. The lowest BCUT2D eigenvalue weighted by molar-refractivity contribution is -0.166. The Hall–Kier alpha value is -4.45. The van der Waals surface area contributed by atoms with Crippen LogP contribution in [0.25, 0.3) is 0 Å². The van der Waals surface area contributed by atoms with Gasteiger partial charge in [-0.05, 0) is 128 Å². The fourth-order valence-corrected chi connectivity index (χ4v) is 6.62. The highest BCUT2D eigenvalue weighted by atomic mass is 16.6. The van der Waals surface area contributed by atoms with Crippen molar-refractivity contribution in [2.24, 2.45) is 0 Å². The number of unbranched alkanes of at least 4 members (excludes halogenated alkanes) is 13. The summed E-state index contributed by atoms with van der Waals surface area (Å²) in [5, 5.41) is 0. The van der Waals surface area contributed by atoms with Crippen LogP contribution in [0.3, 0.4) is 0 Å². The molecule has 0 saturated carbocycles. The molecule has 0 amide bonds. The summed E-state index contributed by atoms with van der Waals surface area (Å²) in [7, 11) is 0. The van der Waals surface area contributed by atoms with E-state index in [1.54, 1.807) is 0 Å². The highest BCUT2D eigenvalue weighted by Crippen LogP contribution is 2.11. The van der Waals surface area contributed by atoms with Crippen LogP contribution in [0.4, 0.5) is 0 Å². The summed E-state index contributed by atoms with van der Waals surface area (Å²) in [5.41, 5.74) is 0. The molecule has 0 aliphatic heterocycles. The number of hydrogen-bond donors (Lipinski definition) is 0. The van der Waals surface area contributed by atoms with E-state index in [9.17, 15) is 14.4 Å². The normalized spacial score (nSPS) is 13.2. The van der Waals surface area contributed by atoms with E-state index in [2.05, 4.69) is 142 Å². The van der Waals surface area contributed by atoms with Gasteiger partial charge in [0, 0.05) is 19.3 Å². The third-order valence-electron chi connectivity index (χ3n) is 10.6. The Morgan fingerprint density at radius 3 is 1.03 bits per heavy atom. The Morgan fingerprint density at radius 2 is 0.612 bits per heavy atom. The van der Waals surface area contributed by atoms with Gasteiger partial charge in [-0.3, -0.25) is 14.4 Å². The number of carbonyl (C=O) groups is 3.